The summed E-state index contributed by atoms with van der Waals surface area (Å²) in [4.78, 5) is 15.3. The average molecular weight is 291 g/mol. The molecule has 0 aliphatic heterocycles. The summed E-state index contributed by atoms with van der Waals surface area (Å²) in [6.45, 7) is 3.90. The lowest BCUT2D eigenvalue weighted by molar-refractivity contribution is 0.0695. The van der Waals surface area contributed by atoms with Crippen LogP contribution in [-0.2, 0) is 0 Å². The molecule has 0 aliphatic carbocycles. The molecule has 0 saturated carbocycles. The second-order valence-corrected chi connectivity index (χ2v) is 5.18. The van der Waals surface area contributed by atoms with Gasteiger partial charge in [0.15, 0.2) is 0 Å². The highest BCUT2D eigenvalue weighted by molar-refractivity contribution is 6.30. The molecule has 1 aromatic carbocycles. The normalized spacial score (nSPS) is 10.6. The maximum absolute atomic E-state index is 11.3. The molecule has 2 rings (SSSR count). The number of nitrogens with zero attached hydrogens (tertiary/aromatic N) is 1. The molecule has 0 atom stereocenters. The first-order valence-corrected chi connectivity index (χ1v) is 6.60. The first-order valence-electron chi connectivity index (χ1n) is 6.23. The summed E-state index contributed by atoms with van der Waals surface area (Å²) in [6.07, 6.45) is 3.00. The molecule has 0 fully saturated rings. The summed E-state index contributed by atoms with van der Waals surface area (Å²) in [6, 6.07) is 7.25. The van der Waals surface area contributed by atoms with Gasteiger partial charge in [-0.2, -0.15) is 0 Å². The molecule has 1 aromatic heterocycles. The molecule has 104 valence electrons. The lowest BCUT2D eigenvalue weighted by Gasteiger charge is -2.16. The predicted molar refractivity (Wildman–Crippen MR) is 80.0 cm³/mol. The van der Waals surface area contributed by atoms with E-state index < -0.39 is 5.97 Å². The van der Waals surface area contributed by atoms with E-state index in [2.05, 4.69) is 10.3 Å². The van der Waals surface area contributed by atoms with Crippen molar-refractivity contribution < 1.29 is 9.90 Å². The van der Waals surface area contributed by atoms with Gasteiger partial charge in [0.25, 0.3) is 0 Å². The zero-order valence-corrected chi connectivity index (χ0v) is 12.0. The molecule has 0 amide bonds. The van der Waals surface area contributed by atoms with E-state index in [-0.39, 0.29) is 11.5 Å². The number of anilines is 2. The summed E-state index contributed by atoms with van der Waals surface area (Å²) in [7, 11) is 0. The molecule has 0 spiro atoms. The Morgan fingerprint density at radius 1 is 1.35 bits per heavy atom. The molecular formula is C15H15ClN2O2. The van der Waals surface area contributed by atoms with E-state index in [4.69, 9.17) is 11.6 Å². The highest BCUT2D eigenvalue weighted by atomic mass is 35.5. The van der Waals surface area contributed by atoms with Crippen molar-refractivity contribution in [2.45, 2.75) is 19.8 Å². The van der Waals surface area contributed by atoms with Crippen molar-refractivity contribution >= 4 is 28.9 Å². The first kappa shape index (κ1) is 14.3. The van der Waals surface area contributed by atoms with Gasteiger partial charge < -0.3 is 10.4 Å². The van der Waals surface area contributed by atoms with Crippen LogP contribution >= 0.6 is 11.6 Å². The van der Waals surface area contributed by atoms with Crippen LogP contribution in [0.15, 0.2) is 36.7 Å². The maximum atomic E-state index is 11.3. The predicted octanol–water partition coefficient (Wildman–Crippen LogP) is 4.30. The van der Waals surface area contributed by atoms with Gasteiger partial charge in [0.1, 0.15) is 0 Å². The number of aromatic carboxylic acids is 1. The van der Waals surface area contributed by atoms with E-state index in [1.54, 1.807) is 18.3 Å². The number of halogens is 1. The topological polar surface area (TPSA) is 62.2 Å². The quantitative estimate of drug-likeness (QED) is 0.881. The highest BCUT2D eigenvalue weighted by Crippen LogP contribution is 2.30. The van der Waals surface area contributed by atoms with E-state index in [0.29, 0.717) is 10.7 Å². The molecule has 0 unspecified atom stereocenters. The number of carboxylic acid groups (broad SMARTS) is 1. The van der Waals surface area contributed by atoms with Crippen LogP contribution < -0.4 is 5.32 Å². The van der Waals surface area contributed by atoms with Crippen molar-refractivity contribution in [2.24, 2.45) is 0 Å². The largest absolute Gasteiger partial charge is 0.478 e. The number of nitrogens with one attached hydrogen (secondary N) is 1. The molecule has 5 heteroatoms. The Bertz CT molecular complexity index is 642. The van der Waals surface area contributed by atoms with Gasteiger partial charge in [-0.05, 0) is 29.7 Å². The molecule has 2 N–H and O–H groups in total. The van der Waals surface area contributed by atoms with Crippen LogP contribution in [0.3, 0.4) is 0 Å². The number of aromatic nitrogens is 1. The number of hydrogen-bond donors (Lipinski definition) is 2. The standard InChI is InChI=1S/C15H15ClN2O2/c1-9(2)14-12(15(19)20)7-17-8-13(14)18-11-5-3-4-10(16)6-11/h3-9,18H,1-2H3,(H,19,20). The Labute approximate surface area is 122 Å². The highest BCUT2D eigenvalue weighted by Gasteiger charge is 2.17. The fourth-order valence-corrected chi connectivity index (χ4v) is 2.27. The van der Waals surface area contributed by atoms with Crippen LogP contribution in [0.2, 0.25) is 5.02 Å². The Morgan fingerprint density at radius 3 is 2.70 bits per heavy atom. The van der Waals surface area contributed by atoms with Crippen molar-refractivity contribution in [3.63, 3.8) is 0 Å². The summed E-state index contributed by atoms with van der Waals surface area (Å²) >= 11 is 5.95. The fraction of sp³-hybridized carbons (Fsp3) is 0.200. The van der Waals surface area contributed by atoms with E-state index >= 15 is 0 Å². The number of benzene rings is 1. The number of hydrogen-bond acceptors (Lipinski definition) is 3. The van der Waals surface area contributed by atoms with Crippen LogP contribution in [0.5, 0.6) is 0 Å². The molecule has 4 nitrogen and oxygen atoms in total. The third-order valence-corrected chi connectivity index (χ3v) is 3.13. The summed E-state index contributed by atoms with van der Waals surface area (Å²) in [5, 5.41) is 13.1. The zero-order chi connectivity index (χ0) is 14.7. The van der Waals surface area contributed by atoms with Gasteiger partial charge in [-0.1, -0.05) is 31.5 Å². The summed E-state index contributed by atoms with van der Waals surface area (Å²) in [5.74, 6) is -0.915. The van der Waals surface area contributed by atoms with Crippen molar-refractivity contribution in [2.75, 3.05) is 5.32 Å². The average Bonchev–Trinajstić information content (AvgIpc) is 2.38. The molecular weight excluding hydrogens is 276 g/mol. The minimum Gasteiger partial charge on any atom is -0.478 e. The fourth-order valence-electron chi connectivity index (χ4n) is 2.08. The molecule has 0 bridgehead atoms. The minimum absolute atomic E-state index is 0.0609. The second kappa shape index (κ2) is 5.92. The third-order valence-electron chi connectivity index (χ3n) is 2.90. The van der Waals surface area contributed by atoms with Crippen LogP contribution in [-0.4, -0.2) is 16.1 Å². The van der Waals surface area contributed by atoms with Gasteiger partial charge in [-0.3, -0.25) is 4.98 Å². The van der Waals surface area contributed by atoms with Crippen molar-refractivity contribution in [1.29, 1.82) is 0 Å². The van der Waals surface area contributed by atoms with Gasteiger partial charge in [0.05, 0.1) is 17.4 Å². The molecule has 0 saturated heterocycles. The van der Waals surface area contributed by atoms with Crippen LogP contribution in [0, 0.1) is 0 Å². The Kier molecular flexibility index (Phi) is 4.25. The summed E-state index contributed by atoms with van der Waals surface area (Å²) < 4.78 is 0. The SMILES string of the molecule is CC(C)c1c(Nc2cccc(Cl)c2)cncc1C(=O)O. The number of carboxylic acids is 1. The number of rotatable bonds is 4. The van der Waals surface area contributed by atoms with Crippen LogP contribution in [0.1, 0.15) is 35.7 Å². The van der Waals surface area contributed by atoms with E-state index in [0.717, 1.165) is 11.3 Å². The lowest BCUT2D eigenvalue weighted by atomic mass is 9.97. The Hall–Kier alpha value is -2.07. The van der Waals surface area contributed by atoms with Gasteiger partial charge >= 0.3 is 5.97 Å². The summed E-state index contributed by atoms with van der Waals surface area (Å²) in [5.41, 5.74) is 2.42. The first-order chi connectivity index (χ1) is 9.49. The molecule has 20 heavy (non-hydrogen) atoms. The number of pyridine rings is 1. The third kappa shape index (κ3) is 3.08. The minimum atomic E-state index is -0.976. The molecule has 0 aliphatic rings. The molecule has 1 heterocycles. The smallest absolute Gasteiger partial charge is 0.337 e. The van der Waals surface area contributed by atoms with Gasteiger partial charge in [-0.25, -0.2) is 4.79 Å². The molecule has 0 radical (unpaired) electrons. The van der Waals surface area contributed by atoms with Crippen molar-refractivity contribution in [1.82, 2.24) is 4.98 Å². The lowest BCUT2D eigenvalue weighted by Crippen LogP contribution is -2.08. The van der Waals surface area contributed by atoms with Crippen LogP contribution in [0.4, 0.5) is 11.4 Å². The zero-order valence-electron chi connectivity index (χ0n) is 11.2. The van der Waals surface area contributed by atoms with Gasteiger partial charge in [0, 0.05) is 16.9 Å². The Morgan fingerprint density at radius 2 is 2.10 bits per heavy atom. The van der Waals surface area contributed by atoms with Gasteiger partial charge in [0.2, 0.25) is 0 Å². The van der Waals surface area contributed by atoms with E-state index in [9.17, 15) is 9.90 Å². The van der Waals surface area contributed by atoms with Crippen LogP contribution in [0.25, 0.3) is 0 Å². The maximum Gasteiger partial charge on any atom is 0.337 e. The molecule has 2 aromatic rings. The van der Waals surface area contributed by atoms with E-state index in [1.807, 2.05) is 26.0 Å². The second-order valence-electron chi connectivity index (χ2n) is 4.74. The van der Waals surface area contributed by atoms with Crippen molar-refractivity contribution in [3.8, 4) is 0 Å². The Balaban J connectivity index is 2.46. The number of carbonyl (C=O) groups is 1. The van der Waals surface area contributed by atoms with E-state index in [1.165, 1.54) is 6.20 Å². The van der Waals surface area contributed by atoms with Gasteiger partial charge in [-0.15, -0.1) is 0 Å². The van der Waals surface area contributed by atoms with Crippen molar-refractivity contribution in [3.05, 3.63) is 52.8 Å². The monoisotopic (exact) mass is 290 g/mol.